The van der Waals surface area contributed by atoms with Gasteiger partial charge < -0.3 is 20.5 Å². The van der Waals surface area contributed by atoms with Crippen molar-refractivity contribution in [3.8, 4) is 5.75 Å². The van der Waals surface area contributed by atoms with E-state index in [1.54, 1.807) is 0 Å². The molecule has 18 heavy (non-hydrogen) atoms. The highest BCUT2D eigenvalue weighted by Gasteiger charge is 2.02. The number of benzene rings is 1. The Kier molecular flexibility index (Phi) is 7.41. The average molecular weight is 254 g/mol. The van der Waals surface area contributed by atoms with Crippen molar-refractivity contribution in [2.75, 3.05) is 39.5 Å². The van der Waals surface area contributed by atoms with Gasteiger partial charge in [-0.3, -0.25) is 0 Å². The van der Waals surface area contributed by atoms with Crippen molar-refractivity contribution < 1.29 is 20.5 Å². The molecule has 0 saturated carbocycles. The Morgan fingerprint density at radius 2 is 1.78 bits per heavy atom. The van der Waals surface area contributed by atoms with Gasteiger partial charge in [0.15, 0.2) is 0 Å². The van der Waals surface area contributed by atoms with Crippen molar-refractivity contribution >= 4 is 0 Å². The van der Waals surface area contributed by atoms with Crippen molar-refractivity contribution in [1.82, 2.24) is 0 Å². The van der Waals surface area contributed by atoms with Crippen LogP contribution in [0.1, 0.15) is 11.1 Å². The molecule has 4 nitrogen and oxygen atoms in total. The molecule has 0 aliphatic carbocycles. The Bertz CT molecular complexity index is 322. The first kappa shape index (κ1) is 15.0. The molecular formula is C14H26N2O2+2. The van der Waals surface area contributed by atoms with E-state index in [9.17, 15) is 0 Å². The maximum Gasteiger partial charge on any atom is 0.125 e. The monoisotopic (exact) mass is 254 g/mol. The van der Waals surface area contributed by atoms with Crippen LogP contribution in [0, 0.1) is 13.8 Å². The predicted molar refractivity (Wildman–Crippen MR) is 71.6 cm³/mol. The van der Waals surface area contributed by atoms with Crippen LogP contribution in [-0.4, -0.2) is 39.5 Å². The minimum Gasteiger partial charge on any atom is -0.491 e. The summed E-state index contributed by atoms with van der Waals surface area (Å²) in [7, 11) is 0. The first-order valence-electron chi connectivity index (χ1n) is 6.63. The number of hydrogen-bond donors (Lipinski definition) is 2. The summed E-state index contributed by atoms with van der Waals surface area (Å²) in [5.74, 6) is 0.990. The van der Waals surface area contributed by atoms with Gasteiger partial charge in [0.1, 0.15) is 25.4 Å². The number of ether oxygens (including phenoxy) is 2. The number of quaternary nitrogens is 2. The van der Waals surface area contributed by atoms with Crippen LogP contribution in [0.4, 0.5) is 0 Å². The average Bonchev–Trinajstić information content (AvgIpc) is 2.35. The van der Waals surface area contributed by atoms with Crippen LogP contribution in [0.5, 0.6) is 5.75 Å². The third-order valence-corrected chi connectivity index (χ3v) is 2.76. The van der Waals surface area contributed by atoms with Crippen molar-refractivity contribution in [3.63, 3.8) is 0 Å². The molecule has 0 aliphatic heterocycles. The van der Waals surface area contributed by atoms with Crippen LogP contribution < -0.4 is 15.8 Å². The van der Waals surface area contributed by atoms with Crippen LogP contribution in [0.2, 0.25) is 0 Å². The highest BCUT2D eigenvalue weighted by Crippen LogP contribution is 2.21. The normalized spacial score (nSPS) is 10.6. The Morgan fingerprint density at radius 3 is 2.44 bits per heavy atom. The van der Waals surface area contributed by atoms with E-state index >= 15 is 0 Å². The van der Waals surface area contributed by atoms with Gasteiger partial charge in [0.25, 0.3) is 0 Å². The van der Waals surface area contributed by atoms with E-state index in [0.29, 0.717) is 13.2 Å². The highest BCUT2D eigenvalue weighted by atomic mass is 16.5. The molecule has 0 bridgehead atoms. The molecular weight excluding hydrogens is 228 g/mol. The largest absolute Gasteiger partial charge is 0.491 e. The molecule has 0 atom stereocenters. The Labute approximate surface area is 109 Å². The van der Waals surface area contributed by atoms with Crippen LogP contribution >= 0.6 is 0 Å². The maximum atomic E-state index is 5.75. The van der Waals surface area contributed by atoms with E-state index in [1.165, 1.54) is 11.1 Å². The summed E-state index contributed by atoms with van der Waals surface area (Å²) >= 11 is 0. The first-order chi connectivity index (χ1) is 8.75. The zero-order chi connectivity index (χ0) is 13.2. The van der Waals surface area contributed by atoms with Crippen molar-refractivity contribution in [1.29, 1.82) is 0 Å². The Morgan fingerprint density at radius 1 is 1.06 bits per heavy atom. The van der Waals surface area contributed by atoms with Crippen molar-refractivity contribution in [2.45, 2.75) is 13.8 Å². The second kappa shape index (κ2) is 8.91. The predicted octanol–water partition coefficient (Wildman–Crippen LogP) is -0.496. The lowest BCUT2D eigenvalue weighted by Crippen LogP contribution is -2.88. The zero-order valence-corrected chi connectivity index (χ0v) is 11.6. The molecule has 1 rings (SSSR count). The molecule has 0 saturated heterocycles. The summed E-state index contributed by atoms with van der Waals surface area (Å²) in [6, 6.07) is 6.18. The molecule has 102 valence electrons. The van der Waals surface area contributed by atoms with E-state index in [0.717, 1.165) is 32.0 Å². The van der Waals surface area contributed by atoms with Crippen molar-refractivity contribution in [2.24, 2.45) is 0 Å². The third-order valence-electron chi connectivity index (χ3n) is 2.76. The van der Waals surface area contributed by atoms with Crippen LogP contribution in [0.15, 0.2) is 18.2 Å². The van der Waals surface area contributed by atoms with Crippen LogP contribution in [-0.2, 0) is 4.74 Å². The molecule has 4 heteroatoms. The molecule has 0 aliphatic rings. The standard InChI is InChI=1S/C14H24N2O2/c1-12-4-3-5-13(2)14(12)18-11-10-17-9-8-16-7-6-15/h3-5,16H,6-11,15H2,1-2H3/p+2. The topological polar surface area (TPSA) is 62.7 Å². The van der Waals surface area contributed by atoms with E-state index in [1.807, 2.05) is 6.07 Å². The molecule has 0 heterocycles. The first-order valence-corrected chi connectivity index (χ1v) is 6.63. The van der Waals surface area contributed by atoms with Gasteiger partial charge in [0, 0.05) is 0 Å². The minimum absolute atomic E-state index is 0.612. The third kappa shape index (κ3) is 5.49. The molecule has 0 radical (unpaired) electrons. The van der Waals surface area contributed by atoms with E-state index in [2.05, 4.69) is 37.0 Å². The molecule has 0 aromatic heterocycles. The van der Waals surface area contributed by atoms with Crippen molar-refractivity contribution in [3.05, 3.63) is 29.3 Å². The summed E-state index contributed by atoms with van der Waals surface area (Å²) in [6.45, 7) is 9.20. The van der Waals surface area contributed by atoms with E-state index in [4.69, 9.17) is 9.47 Å². The minimum atomic E-state index is 0.612. The number of hydrogen-bond acceptors (Lipinski definition) is 2. The quantitative estimate of drug-likeness (QED) is 0.584. The summed E-state index contributed by atoms with van der Waals surface area (Å²) < 4.78 is 11.3. The molecule has 0 amide bonds. The van der Waals surface area contributed by atoms with Gasteiger partial charge in [0.05, 0.1) is 19.8 Å². The Balaban J connectivity index is 2.11. The fourth-order valence-electron chi connectivity index (χ4n) is 1.79. The second-order valence-electron chi connectivity index (χ2n) is 4.40. The molecule has 1 aromatic rings. The lowest BCUT2D eigenvalue weighted by Gasteiger charge is -2.11. The van der Waals surface area contributed by atoms with Crippen LogP contribution in [0.25, 0.3) is 0 Å². The van der Waals surface area contributed by atoms with E-state index in [-0.39, 0.29) is 0 Å². The smallest absolute Gasteiger partial charge is 0.125 e. The SMILES string of the molecule is Cc1cccc(C)c1OCCOCC[NH2+]CC[NH3+]. The second-order valence-corrected chi connectivity index (χ2v) is 4.40. The van der Waals surface area contributed by atoms with E-state index < -0.39 is 0 Å². The molecule has 0 unspecified atom stereocenters. The van der Waals surface area contributed by atoms with Gasteiger partial charge in [-0.25, -0.2) is 0 Å². The summed E-state index contributed by atoms with van der Waals surface area (Å²) in [6.07, 6.45) is 0. The number of aryl methyl sites for hydroxylation is 2. The van der Waals surface area contributed by atoms with Gasteiger partial charge in [-0.1, -0.05) is 18.2 Å². The fraction of sp³-hybridized carbons (Fsp3) is 0.571. The molecule has 0 fully saturated rings. The maximum absolute atomic E-state index is 5.75. The van der Waals surface area contributed by atoms with Gasteiger partial charge >= 0.3 is 0 Å². The zero-order valence-electron chi connectivity index (χ0n) is 11.6. The number of rotatable bonds is 9. The Hall–Kier alpha value is -1.10. The van der Waals surface area contributed by atoms with Crippen LogP contribution in [0.3, 0.4) is 0 Å². The van der Waals surface area contributed by atoms with Gasteiger partial charge in [-0.15, -0.1) is 0 Å². The summed E-state index contributed by atoms with van der Waals surface area (Å²) in [5, 5.41) is 2.22. The highest BCUT2D eigenvalue weighted by molar-refractivity contribution is 5.39. The molecule has 1 aromatic carbocycles. The summed E-state index contributed by atoms with van der Waals surface area (Å²) in [4.78, 5) is 0. The lowest BCUT2D eigenvalue weighted by atomic mass is 10.1. The molecule has 0 spiro atoms. The lowest BCUT2D eigenvalue weighted by molar-refractivity contribution is -0.671. The van der Waals surface area contributed by atoms with Gasteiger partial charge in [0.2, 0.25) is 0 Å². The summed E-state index contributed by atoms with van der Waals surface area (Å²) in [5.41, 5.74) is 6.15. The molecule has 5 N–H and O–H groups in total. The fourth-order valence-corrected chi connectivity index (χ4v) is 1.79. The van der Waals surface area contributed by atoms with Gasteiger partial charge in [-0.2, -0.15) is 0 Å². The van der Waals surface area contributed by atoms with Gasteiger partial charge in [-0.05, 0) is 25.0 Å². The number of para-hydroxylation sites is 1. The number of nitrogens with two attached hydrogens (primary N) is 1.